The predicted octanol–water partition coefficient (Wildman–Crippen LogP) is 7.07. The lowest BCUT2D eigenvalue weighted by Crippen LogP contribution is -2.58. The lowest BCUT2D eigenvalue weighted by Gasteiger charge is -2.65. The summed E-state index contributed by atoms with van der Waals surface area (Å²) in [7, 11) is 7.64. The largest absolute Gasteiger partial charge is 0.494 e. The number of benzene rings is 2. The number of aryl methyl sites for hydroxylation is 1. The molecule has 1 aromatic heterocycles. The second-order valence-corrected chi connectivity index (χ2v) is 12.8. The van der Waals surface area contributed by atoms with E-state index in [-0.39, 0.29) is 11.3 Å². The normalized spacial score (nSPS) is 19.4. The van der Waals surface area contributed by atoms with Crippen molar-refractivity contribution in [3.63, 3.8) is 0 Å². The van der Waals surface area contributed by atoms with Crippen molar-refractivity contribution in [3.05, 3.63) is 84.2 Å². The minimum Gasteiger partial charge on any atom is -0.494 e. The van der Waals surface area contributed by atoms with Crippen LogP contribution in [0.25, 0.3) is 5.57 Å². The van der Waals surface area contributed by atoms with Crippen LogP contribution in [0.15, 0.2) is 67.4 Å². The van der Waals surface area contributed by atoms with E-state index in [1.165, 1.54) is 30.9 Å². The average Bonchev–Trinajstić information content (AvgIpc) is 3.02. The zero-order valence-electron chi connectivity index (χ0n) is 28.3. The van der Waals surface area contributed by atoms with Gasteiger partial charge in [0.1, 0.15) is 5.75 Å². The van der Waals surface area contributed by atoms with Crippen LogP contribution < -0.4 is 20.3 Å². The maximum Gasteiger partial charge on any atom is 0.247 e. The monoisotopic (exact) mass is 621 g/mol. The Labute approximate surface area is 274 Å². The molecule has 0 atom stereocenters. The second kappa shape index (κ2) is 14.6. The quantitative estimate of drug-likeness (QED) is 0.207. The molecule has 3 saturated carbocycles. The average molecular weight is 622 g/mol. The molecular formula is C37H47N7O2. The number of carbonyl (C=O) groups excluding carboxylic acids is 1. The van der Waals surface area contributed by atoms with E-state index in [0.717, 1.165) is 42.0 Å². The van der Waals surface area contributed by atoms with Gasteiger partial charge in [0.05, 0.1) is 41.4 Å². The summed E-state index contributed by atoms with van der Waals surface area (Å²) in [6, 6.07) is 16.4. The van der Waals surface area contributed by atoms with Gasteiger partial charge in [0, 0.05) is 38.0 Å². The molecule has 2 bridgehead atoms. The number of hydrogen-bond acceptors (Lipinski definition) is 8. The second-order valence-electron chi connectivity index (χ2n) is 12.8. The summed E-state index contributed by atoms with van der Waals surface area (Å²) in [5, 5.41) is 14.8. The van der Waals surface area contributed by atoms with Crippen LogP contribution in [0, 0.1) is 22.2 Å². The van der Waals surface area contributed by atoms with Gasteiger partial charge in [0.2, 0.25) is 11.9 Å². The molecule has 46 heavy (non-hydrogen) atoms. The number of methoxy groups -OCH3 is 1. The van der Waals surface area contributed by atoms with E-state index in [4.69, 9.17) is 15.0 Å². The molecule has 6 rings (SSSR count). The van der Waals surface area contributed by atoms with E-state index in [0.29, 0.717) is 28.5 Å². The third kappa shape index (κ3) is 7.75. The summed E-state index contributed by atoms with van der Waals surface area (Å²) in [4.78, 5) is 25.7. The zero-order chi connectivity index (χ0) is 33.5. The van der Waals surface area contributed by atoms with Crippen LogP contribution in [0.3, 0.4) is 0 Å². The Kier molecular flexibility index (Phi) is 10.9. The van der Waals surface area contributed by atoms with Gasteiger partial charge in [-0.25, -0.2) is 9.97 Å². The minimum atomic E-state index is -0.297. The van der Waals surface area contributed by atoms with Crippen LogP contribution in [0.2, 0.25) is 0 Å². The predicted molar refractivity (Wildman–Crippen MR) is 188 cm³/mol. The molecule has 0 aliphatic heterocycles. The number of amides is 1. The van der Waals surface area contributed by atoms with Gasteiger partial charge in [-0.2, -0.15) is 5.26 Å². The van der Waals surface area contributed by atoms with Crippen molar-refractivity contribution in [1.29, 1.82) is 5.26 Å². The van der Waals surface area contributed by atoms with E-state index >= 15 is 0 Å². The number of nitriles is 1. The lowest BCUT2D eigenvalue weighted by atomic mass is 9.36. The van der Waals surface area contributed by atoms with Crippen molar-refractivity contribution in [2.75, 3.05) is 56.9 Å². The molecule has 0 spiro atoms. The maximum absolute atomic E-state index is 12.2. The summed E-state index contributed by atoms with van der Waals surface area (Å²) >= 11 is 0. The van der Waals surface area contributed by atoms with Gasteiger partial charge in [-0.05, 0) is 81.5 Å². The number of hydrogen-bond donors (Lipinski definition) is 2. The number of nitrogens with one attached hydrogen (secondary N) is 2. The summed E-state index contributed by atoms with van der Waals surface area (Å²) < 4.78 is 5.72. The highest BCUT2D eigenvalue weighted by molar-refractivity contribution is 6.02. The third-order valence-corrected chi connectivity index (χ3v) is 8.74. The zero-order valence-corrected chi connectivity index (χ0v) is 28.3. The van der Waals surface area contributed by atoms with Crippen LogP contribution in [-0.4, -0.2) is 62.1 Å². The van der Waals surface area contributed by atoms with Gasteiger partial charge >= 0.3 is 0 Å². The number of anilines is 4. The molecule has 3 aromatic rings. The summed E-state index contributed by atoms with van der Waals surface area (Å²) in [6.45, 7) is 11.6. The molecule has 3 fully saturated rings. The minimum absolute atomic E-state index is 0.175. The number of ether oxygens (including phenoxy) is 1. The van der Waals surface area contributed by atoms with Gasteiger partial charge in [-0.3, -0.25) is 4.79 Å². The summed E-state index contributed by atoms with van der Waals surface area (Å²) in [5.74, 6) is 0.725. The van der Waals surface area contributed by atoms with Gasteiger partial charge in [-0.15, -0.1) is 0 Å². The smallest absolute Gasteiger partial charge is 0.247 e. The number of likely N-dealkylation sites (N-methyl/N-ethyl adjacent to an activating group) is 2. The Morgan fingerprint density at radius 2 is 1.85 bits per heavy atom. The van der Waals surface area contributed by atoms with E-state index in [9.17, 15) is 4.79 Å². The lowest BCUT2D eigenvalue weighted by molar-refractivity contribution is -0.147. The Morgan fingerprint density at radius 1 is 1.13 bits per heavy atom. The molecule has 0 saturated heterocycles. The Morgan fingerprint density at radius 3 is 2.41 bits per heavy atom. The highest BCUT2D eigenvalue weighted by atomic mass is 16.5. The van der Waals surface area contributed by atoms with Gasteiger partial charge < -0.3 is 25.2 Å². The molecule has 2 aromatic carbocycles. The van der Waals surface area contributed by atoms with Crippen molar-refractivity contribution in [2.24, 2.45) is 10.8 Å². The first-order chi connectivity index (χ1) is 22.0. The van der Waals surface area contributed by atoms with Crippen LogP contribution in [-0.2, 0) is 11.2 Å². The third-order valence-electron chi connectivity index (χ3n) is 8.74. The van der Waals surface area contributed by atoms with Crippen LogP contribution in [0.4, 0.5) is 23.0 Å². The Hall–Kier alpha value is -4.68. The molecule has 9 nitrogen and oxygen atoms in total. The number of allylic oxidation sites excluding steroid dienone is 1. The van der Waals surface area contributed by atoms with Crippen molar-refractivity contribution in [3.8, 4) is 11.8 Å². The van der Waals surface area contributed by atoms with Crippen LogP contribution in [0.1, 0.15) is 56.9 Å². The van der Waals surface area contributed by atoms with E-state index < -0.39 is 0 Å². The van der Waals surface area contributed by atoms with Gasteiger partial charge in [-0.1, -0.05) is 50.8 Å². The molecular weight excluding hydrogens is 574 g/mol. The SMILES string of the molecule is C=CC(=O)Nc1cc(Nc2nccc(/C(=C/C)c3ccccc3CC)n2)c(OC)cc1N(C)CCN(C)C.CC12CC(C#N)(C1)C2. The summed E-state index contributed by atoms with van der Waals surface area (Å²) in [5.41, 5.74) is 7.12. The van der Waals surface area contributed by atoms with Crippen molar-refractivity contribution in [2.45, 2.75) is 46.5 Å². The molecule has 1 heterocycles. The molecule has 2 N–H and O–H groups in total. The summed E-state index contributed by atoms with van der Waals surface area (Å²) in [6.07, 6.45) is 9.51. The van der Waals surface area contributed by atoms with E-state index in [1.54, 1.807) is 13.3 Å². The highest BCUT2D eigenvalue weighted by Gasteiger charge is 2.65. The number of nitrogens with zero attached hydrogens (tertiary/aromatic N) is 5. The van der Waals surface area contributed by atoms with Crippen molar-refractivity contribution in [1.82, 2.24) is 14.9 Å². The molecule has 3 aliphatic rings. The van der Waals surface area contributed by atoms with Crippen LogP contribution in [0.5, 0.6) is 5.75 Å². The highest BCUT2D eigenvalue weighted by Crippen LogP contribution is 2.72. The first kappa shape index (κ1) is 34.2. The fraction of sp³-hybridized carbons (Fsp3) is 0.405. The molecule has 1 amide bonds. The van der Waals surface area contributed by atoms with Gasteiger partial charge in [0.25, 0.3) is 0 Å². The van der Waals surface area contributed by atoms with Crippen LogP contribution >= 0.6 is 0 Å². The number of carbonyl (C=O) groups is 1. The first-order valence-electron chi connectivity index (χ1n) is 15.8. The first-order valence-corrected chi connectivity index (χ1v) is 15.8. The fourth-order valence-corrected chi connectivity index (χ4v) is 6.54. The van der Waals surface area contributed by atoms with Crippen molar-refractivity contribution < 1.29 is 9.53 Å². The Balaban J connectivity index is 0.000000513. The topological polar surface area (TPSA) is 106 Å². The molecule has 3 aliphatic carbocycles. The maximum atomic E-state index is 12.2. The van der Waals surface area contributed by atoms with E-state index in [2.05, 4.69) is 76.2 Å². The molecule has 0 radical (unpaired) electrons. The standard InChI is InChI=1S/C30H38N6O2.C7H9N/c1-8-21-13-11-12-14-23(21)22(9-2)24-15-16-31-30(33-24)34-26-19-25(32-29(37)10-3)27(20-28(26)38-7)36(6)18-17-35(4)5;1-6-2-7(3-6,4-6)5-8/h9-16,19-20H,3,8,17-18H2,1-2,4-7H3,(H,32,37)(H,31,33,34);2-4H2,1H3/b22-9+;. The fourth-order valence-electron chi connectivity index (χ4n) is 6.54. The number of rotatable bonds is 12. The van der Waals surface area contributed by atoms with Crippen molar-refractivity contribution >= 4 is 34.5 Å². The Bertz CT molecular complexity index is 1620. The molecule has 9 heteroatoms. The molecule has 242 valence electrons. The number of aromatic nitrogens is 2. The van der Waals surface area contributed by atoms with E-state index in [1.807, 2.05) is 52.3 Å². The molecule has 0 unspecified atom stereocenters. The van der Waals surface area contributed by atoms with Gasteiger partial charge in [0.15, 0.2) is 0 Å².